The maximum atomic E-state index is 12.8. The van der Waals surface area contributed by atoms with Crippen molar-refractivity contribution in [1.29, 1.82) is 0 Å². The number of Topliss-reactive ketones (excluding diaryl/α,β-unsaturated/α-hetero) is 1. The van der Waals surface area contributed by atoms with E-state index in [4.69, 9.17) is 10.5 Å². The Labute approximate surface area is 131 Å². The summed E-state index contributed by atoms with van der Waals surface area (Å²) in [6.07, 6.45) is 1.00. The third kappa shape index (κ3) is 3.59. The molecule has 1 aliphatic rings. The fourth-order valence-electron chi connectivity index (χ4n) is 2.64. The van der Waals surface area contributed by atoms with E-state index >= 15 is 0 Å². The zero-order valence-corrected chi connectivity index (χ0v) is 13.7. The lowest BCUT2D eigenvalue weighted by molar-refractivity contribution is 0.0222. The largest absolute Gasteiger partial charge is 0.444 e. The molecule has 5 nitrogen and oxygen atoms in total. The fourth-order valence-corrected chi connectivity index (χ4v) is 2.64. The van der Waals surface area contributed by atoms with Gasteiger partial charge in [0.05, 0.1) is 6.04 Å². The van der Waals surface area contributed by atoms with Crippen LogP contribution in [0.3, 0.4) is 0 Å². The molecular formula is C17H24N2O3. The second-order valence-electron chi connectivity index (χ2n) is 6.79. The molecule has 1 unspecified atom stereocenters. The number of nitrogen functional groups attached to an aromatic ring is 1. The number of ketones is 1. The Bertz CT molecular complexity index is 590. The Kier molecular flexibility index (Phi) is 4.44. The molecule has 22 heavy (non-hydrogen) atoms. The molecule has 1 aromatic rings. The Balaban J connectivity index is 2.21. The maximum absolute atomic E-state index is 12.8. The Morgan fingerprint density at radius 1 is 1.32 bits per heavy atom. The number of benzene rings is 1. The number of rotatable bonds is 2. The molecule has 0 radical (unpaired) electrons. The lowest BCUT2D eigenvalue weighted by Crippen LogP contribution is -2.43. The zero-order valence-electron chi connectivity index (χ0n) is 13.7. The molecule has 0 spiro atoms. The molecule has 0 aliphatic carbocycles. The van der Waals surface area contributed by atoms with E-state index in [9.17, 15) is 9.59 Å². The molecule has 1 heterocycles. The van der Waals surface area contributed by atoms with E-state index < -0.39 is 17.7 Å². The van der Waals surface area contributed by atoms with Gasteiger partial charge in [-0.25, -0.2) is 4.79 Å². The highest BCUT2D eigenvalue weighted by Crippen LogP contribution is 2.26. The summed E-state index contributed by atoms with van der Waals surface area (Å²) < 4.78 is 5.40. The van der Waals surface area contributed by atoms with E-state index in [-0.39, 0.29) is 5.78 Å². The first-order valence-corrected chi connectivity index (χ1v) is 7.59. The predicted molar refractivity (Wildman–Crippen MR) is 85.9 cm³/mol. The number of carbonyl (C=O) groups is 2. The van der Waals surface area contributed by atoms with Crippen LogP contribution >= 0.6 is 0 Å². The van der Waals surface area contributed by atoms with Crippen LogP contribution in [0.2, 0.25) is 0 Å². The Morgan fingerprint density at radius 2 is 2.00 bits per heavy atom. The Morgan fingerprint density at radius 3 is 2.64 bits per heavy atom. The summed E-state index contributed by atoms with van der Waals surface area (Å²) in [6.45, 7) is 7.90. The van der Waals surface area contributed by atoms with E-state index in [1.807, 2.05) is 33.8 Å². The van der Waals surface area contributed by atoms with Crippen molar-refractivity contribution in [2.24, 2.45) is 0 Å². The molecule has 1 aliphatic heterocycles. The van der Waals surface area contributed by atoms with Gasteiger partial charge in [-0.05, 0) is 52.7 Å². The number of amides is 1. The number of hydrogen-bond acceptors (Lipinski definition) is 4. The molecule has 0 bridgehead atoms. The van der Waals surface area contributed by atoms with Crippen LogP contribution in [0.4, 0.5) is 10.5 Å². The van der Waals surface area contributed by atoms with Gasteiger partial charge in [0, 0.05) is 17.8 Å². The minimum absolute atomic E-state index is 0.107. The van der Waals surface area contributed by atoms with Crippen molar-refractivity contribution in [2.45, 2.75) is 52.2 Å². The lowest BCUT2D eigenvalue weighted by atomic mass is 9.99. The van der Waals surface area contributed by atoms with Crippen molar-refractivity contribution in [2.75, 3.05) is 12.3 Å². The van der Waals surface area contributed by atoms with Gasteiger partial charge in [-0.2, -0.15) is 0 Å². The minimum atomic E-state index is -0.574. The summed E-state index contributed by atoms with van der Waals surface area (Å²) in [4.78, 5) is 26.6. The van der Waals surface area contributed by atoms with E-state index in [1.165, 1.54) is 4.90 Å². The first kappa shape index (κ1) is 16.3. The fraction of sp³-hybridized carbons (Fsp3) is 0.529. The van der Waals surface area contributed by atoms with Gasteiger partial charge in [-0.3, -0.25) is 9.69 Å². The van der Waals surface area contributed by atoms with Gasteiger partial charge in [0.1, 0.15) is 5.60 Å². The molecule has 1 amide bonds. The van der Waals surface area contributed by atoms with E-state index in [0.29, 0.717) is 24.2 Å². The average molecular weight is 304 g/mol. The lowest BCUT2D eigenvalue weighted by Gasteiger charge is -2.28. The van der Waals surface area contributed by atoms with Gasteiger partial charge < -0.3 is 10.5 Å². The molecule has 0 saturated carbocycles. The van der Waals surface area contributed by atoms with E-state index in [1.54, 1.807) is 12.1 Å². The van der Waals surface area contributed by atoms with E-state index in [2.05, 4.69) is 0 Å². The van der Waals surface area contributed by atoms with Gasteiger partial charge in [0.15, 0.2) is 5.78 Å². The number of hydrogen-bond donors (Lipinski definition) is 1. The molecular weight excluding hydrogens is 280 g/mol. The van der Waals surface area contributed by atoms with Crippen molar-refractivity contribution in [3.8, 4) is 0 Å². The number of nitrogens with zero attached hydrogens (tertiary/aromatic N) is 1. The monoisotopic (exact) mass is 304 g/mol. The second kappa shape index (κ2) is 5.99. The molecule has 1 fully saturated rings. The maximum Gasteiger partial charge on any atom is 0.410 e. The molecule has 5 heteroatoms. The van der Waals surface area contributed by atoms with Crippen LogP contribution in [-0.2, 0) is 4.74 Å². The molecule has 1 aromatic carbocycles. The van der Waals surface area contributed by atoms with Crippen molar-refractivity contribution < 1.29 is 14.3 Å². The quantitative estimate of drug-likeness (QED) is 0.673. The van der Waals surface area contributed by atoms with Gasteiger partial charge in [0.25, 0.3) is 0 Å². The number of ether oxygens (including phenoxy) is 1. The number of carbonyl (C=O) groups excluding carboxylic acids is 2. The number of aryl methyl sites for hydroxylation is 1. The molecule has 1 atom stereocenters. The smallest absolute Gasteiger partial charge is 0.410 e. The topological polar surface area (TPSA) is 72.6 Å². The van der Waals surface area contributed by atoms with Gasteiger partial charge in [-0.1, -0.05) is 11.6 Å². The highest BCUT2D eigenvalue weighted by molar-refractivity contribution is 6.05. The molecule has 2 rings (SSSR count). The van der Waals surface area contributed by atoms with Crippen LogP contribution in [0.25, 0.3) is 0 Å². The predicted octanol–water partition coefficient (Wildman–Crippen LogP) is 3.16. The van der Waals surface area contributed by atoms with Gasteiger partial charge in [0.2, 0.25) is 0 Å². The summed E-state index contributed by atoms with van der Waals surface area (Å²) in [5.41, 5.74) is 7.26. The SMILES string of the molecule is Cc1ccc(N)c(C(=O)C2CCCN2C(=O)OC(C)(C)C)c1. The van der Waals surface area contributed by atoms with Crippen LogP contribution in [0.15, 0.2) is 18.2 Å². The summed E-state index contributed by atoms with van der Waals surface area (Å²) in [5, 5.41) is 0. The zero-order chi connectivity index (χ0) is 16.5. The highest BCUT2D eigenvalue weighted by Gasteiger charge is 2.37. The van der Waals surface area contributed by atoms with Gasteiger partial charge >= 0.3 is 6.09 Å². The van der Waals surface area contributed by atoms with Crippen LogP contribution in [0, 0.1) is 6.92 Å². The van der Waals surface area contributed by atoms with Crippen LogP contribution in [-0.4, -0.2) is 35.0 Å². The van der Waals surface area contributed by atoms with Crippen LogP contribution in [0.5, 0.6) is 0 Å². The van der Waals surface area contributed by atoms with Crippen LogP contribution < -0.4 is 5.73 Å². The second-order valence-corrected chi connectivity index (χ2v) is 6.79. The highest BCUT2D eigenvalue weighted by atomic mass is 16.6. The molecule has 120 valence electrons. The normalized spacial score (nSPS) is 18.4. The van der Waals surface area contributed by atoms with Crippen molar-refractivity contribution in [3.05, 3.63) is 29.3 Å². The average Bonchev–Trinajstić information content (AvgIpc) is 2.88. The van der Waals surface area contributed by atoms with Crippen molar-refractivity contribution in [3.63, 3.8) is 0 Å². The molecule has 0 aromatic heterocycles. The van der Waals surface area contributed by atoms with Crippen LogP contribution in [0.1, 0.15) is 49.5 Å². The summed E-state index contributed by atoms with van der Waals surface area (Å²) in [6, 6.07) is 4.89. The van der Waals surface area contributed by atoms with E-state index in [0.717, 1.165) is 12.0 Å². The van der Waals surface area contributed by atoms with Crippen molar-refractivity contribution >= 4 is 17.6 Å². The van der Waals surface area contributed by atoms with Crippen molar-refractivity contribution in [1.82, 2.24) is 4.90 Å². The number of anilines is 1. The first-order chi connectivity index (χ1) is 10.2. The van der Waals surface area contributed by atoms with Gasteiger partial charge in [-0.15, -0.1) is 0 Å². The standard InChI is InChI=1S/C17H24N2O3/c1-11-7-8-13(18)12(10-11)15(20)14-6-5-9-19(14)16(21)22-17(2,3)4/h7-8,10,14H,5-6,9,18H2,1-4H3. The summed E-state index contributed by atoms with van der Waals surface area (Å²) in [7, 11) is 0. The molecule has 2 N–H and O–H groups in total. The summed E-state index contributed by atoms with van der Waals surface area (Å²) >= 11 is 0. The number of likely N-dealkylation sites (tertiary alicyclic amines) is 1. The third-order valence-electron chi connectivity index (χ3n) is 3.66. The number of nitrogens with two attached hydrogens (primary N) is 1. The molecule has 1 saturated heterocycles. The third-order valence-corrected chi connectivity index (χ3v) is 3.66. The Hall–Kier alpha value is -2.04. The first-order valence-electron chi connectivity index (χ1n) is 7.59. The summed E-state index contributed by atoms with van der Waals surface area (Å²) in [5.74, 6) is -0.107. The minimum Gasteiger partial charge on any atom is -0.444 e.